The Morgan fingerprint density at radius 2 is 0.947 bits per heavy atom. The molecule has 3 heteroatoms. The first-order chi connectivity index (χ1) is 8.40. The molecule has 19 heavy (non-hydrogen) atoms. The fourth-order valence-electron chi connectivity index (χ4n) is 1.44. The van der Waals surface area contributed by atoms with E-state index in [1.807, 2.05) is 52.0 Å². The molecule has 2 aromatic rings. The average molecular weight is 336 g/mol. The molecule has 2 N–H and O–H groups in total. The molecule has 0 bridgehead atoms. The van der Waals surface area contributed by atoms with Crippen molar-refractivity contribution in [1.82, 2.24) is 0 Å². The summed E-state index contributed by atoms with van der Waals surface area (Å²) in [5, 5.41) is 18.2. The van der Waals surface area contributed by atoms with Crippen LogP contribution >= 0.6 is 0 Å². The van der Waals surface area contributed by atoms with Crippen molar-refractivity contribution in [1.29, 1.82) is 0 Å². The zero-order valence-electron chi connectivity index (χ0n) is 11.9. The second kappa shape index (κ2) is 8.17. The molecule has 2 nitrogen and oxygen atoms in total. The Morgan fingerprint density at radius 3 is 1.16 bits per heavy atom. The summed E-state index contributed by atoms with van der Waals surface area (Å²) < 4.78 is 0. The molecule has 0 aliphatic carbocycles. The largest absolute Gasteiger partial charge is 0.508 e. The monoisotopic (exact) mass is 334 g/mol. The van der Waals surface area contributed by atoms with Crippen LogP contribution in [0.5, 0.6) is 11.5 Å². The zero-order valence-corrected chi connectivity index (χ0v) is 14.3. The Balaban J connectivity index is 0.000000324. The Labute approximate surface area is 134 Å². The zero-order chi connectivity index (χ0) is 13.7. The average Bonchev–Trinajstić information content (AvgIpc) is 2.30. The fourth-order valence-corrected chi connectivity index (χ4v) is 1.44. The van der Waals surface area contributed by atoms with Gasteiger partial charge in [-0.25, -0.2) is 0 Å². The molecule has 2 aromatic carbocycles. The molecule has 0 fully saturated rings. The van der Waals surface area contributed by atoms with Gasteiger partial charge in [0.15, 0.2) is 0 Å². The SMILES string of the molecule is Cc1ccc(C)c(O)c1.Cc1ccc(C)c(O)c1.[Zr]. The van der Waals surface area contributed by atoms with Gasteiger partial charge in [0.05, 0.1) is 0 Å². The van der Waals surface area contributed by atoms with Crippen LogP contribution in [0.15, 0.2) is 36.4 Å². The molecule has 100 valence electrons. The molecule has 0 heterocycles. The molecule has 0 saturated carbocycles. The van der Waals surface area contributed by atoms with Gasteiger partial charge in [-0.2, -0.15) is 0 Å². The molecule has 0 saturated heterocycles. The number of hydrogen-bond donors (Lipinski definition) is 2. The molecule has 2 rings (SSSR count). The van der Waals surface area contributed by atoms with Gasteiger partial charge in [0.2, 0.25) is 0 Å². The predicted octanol–water partition coefficient (Wildman–Crippen LogP) is 4.02. The van der Waals surface area contributed by atoms with Gasteiger partial charge in [-0.15, -0.1) is 0 Å². The van der Waals surface area contributed by atoms with E-state index in [0.29, 0.717) is 11.5 Å². The summed E-state index contributed by atoms with van der Waals surface area (Å²) in [6.07, 6.45) is 0. The third-order valence-electron chi connectivity index (χ3n) is 2.73. The van der Waals surface area contributed by atoms with E-state index in [9.17, 15) is 0 Å². The second-order valence-corrected chi connectivity index (χ2v) is 4.58. The molecule has 0 aliphatic heterocycles. The van der Waals surface area contributed by atoms with E-state index in [1.54, 1.807) is 12.1 Å². The summed E-state index contributed by atoms with van der Waals surface area (Å²) in [6.45, 7) is 7.68. The van der Waals surface area contributed by atoms with Crippen molar-refractivity contribution in [3.05, 3.63) is 58.7 Å². The van der Waals surface area contributed by atoms with Crippen molar-refractivity contribution >= 4 is 0 Å². The van der Waals surface area contributed by atoms with E-state index in [0.717, 1.165) is 22.3 Å². The first-order valence-electron chi connectivity index (χ1n) is 5.92. The van der Waals surface area contributed by atoms with Crippen LogP contribution in [0, 0.1) is 27.7 Å². The van der Waals surface area contributed by atoms with E-state index in [1.165, 1.54) is 0 Å². The molecule has 0 aliphatic rings. The summed E-state index contributed by atoms with van der Waals surface area (Å²) in [7, 11) is 0. The summed E-state index contributed by atoms with van der Waals surface area (Å²) in [5.41, 5.74) is 4.05. The first-order valence-corrected chi connectivity index (χ1v) is 5.92. The smallest absolute Gasteiger partial charge is 0.118 e. The van der Waals surface area contributed by atoms with Crippen LogP contribution in [0.4, 0.5) is 0 Å². The number of hydrogen-bond acceptors (Lipinski definition) is 2. The predicted molar refractivity (Wildman–Crippen MR) is 75.2 cm³/mol. The van der Waals surface area contributed by atoms with Crippen LogP contribution in [0.3, 0.4) is 0 Å². The number of aryl methyl sites for hydroxylation is 4. The van der Waals surface area contributed by atoms with Gasteiger partial charge >= 0.3 is 0 Å². The Hall–Kier alpha value is -1.08. The molecule has 0 amide bonds. The normalized spacial score (nSPS) is 9.05. The van der Waals surface area contributed by atoms with Crippen molar-refractivity contribution in [2.45, 2.75) is 27.7 Å². The van der Waals surface area contributed by atoms with Crippen molar-refractivity contribution in [2.75, 3.05) is 0 Å². The molecule has 0 unspecified atom stereocenters. The maximum absolute atomic E-state index is 9.10. The van der Waals surface area contributed by atoms with E-state index >= 15 is 0 Å². The van der Waals surface area contributed by atoms with Gasteiger partial charge < -0.3 is 10.2 Å². The first kappa shape index (κ1) is 17.9. The molecule has 0 atom stereocenters. The Bertz CT molecular complexity index is 487. The third-order valence-corrected chi connectivity index (χ3v) is 2.73. The van der Waals surface area contributed by atoms with Crippen molar-refractivity contribution < 1.29 is 36.4 Å². The number of rotatable bonds is 0. The quantitative estimate of drug-likeness (QED) is 0.763. The van der Waals surface area contributed by atoms with E-state index < -0.39 is 0 Å². The van der Waals surface area contributed by atoms with Crippen molar-refractivity contribution in [2.24, 2.45) is 0 Å². The Morgan fingerprint density at radius 1 is 0.632 bits per heavy atom. The maximum atomic E-state index is 9.10. The molecule has 0 spiro atoms. The fraction of sp³-hybridized carbons (Fsp3) is 0.250. The number of aromatic hydroxyl groups is 2. The van der Waals surface area contributed by atoms with E-state index in [2.05, 4.69) is 0 Å². The van der Waals surface area contributed by atoms with E-state index in [-0.39, 0.29) is 26.2 Å². The molecule has 0 aromatic heterocycles. The van der Waals surface area contributed by atoms with Gasteiger partial charge in [0.1, 0.15) is 11.5 Å². The van der Waals surface area contributed by atoms with Crippen molar-refractivity contribution in [3.8, 4) is 11.5 Å². The molecular weight excluding hydrogens is 315 g/mol. The molecule has 0 radical (unpaired) electrons. The Kier molecular flexibility index (Phi) is 7.70. The molecular formula is C16H20O2Zr. The van der Waals surface area contributed by atoms with Gasteiger partial charge in [0, 0.05) is 26.2 Å². The van der Waals surface area contributed by atoms with Crippen LogP contribution in [0.25, 0.3) is 0 Å². The van der Waals surface area contributed by atoms with Crippen LogP contribution < -0.4 is 0 Å². The second-order valence-electron chi connectivity index (χ2n) is 4.58. The van der Waals surface area contributed by atoms with Gasteiger partial charge in [-0.1, -0.05) is 24.3 Å². The number of phenolic OH excluding ortho intramolecular Hbond substituents is 2. The van der Waals surface area contributed by atoms with Crippen LogP contribution in [-0.4, -0.2) is 10.2 Å². The van der Waals surface area contributed by atoms with Crippen LogP contribution in [0.1, 0.15) is 22.3 Å². The minimum atomic E-state index is 0. The minimum Gasteiger partial charge on any atom is -0.508 e. The maximum Gasteiger partial charge on any atom is 0.118 e. The summed E-state index contributed by atoms with van der Waals surface area (Å²) >= 11 is 0. The van der Waals surface area contributed by atoms with Crippen LogP contribution in [0.2, 0.25) is 0 Å². The number of benzene rings is 2. The van der Waals surface area contributed by atoms with Crippen LogP contribution in [-0.2, 0) is 26.2 Å². The minimum absolute atomic E-state index is 0. The number of phenols is 2. The summed E-state index contributed by atoms with van der Waals surface area (Å²) in [5.74, 6) is 0.769. The third kappa shape index (κ3) is 6.07. The van der Waals surface area contributed by atoms with Gasteiger partial charge in [-0.3, -0.25) is 0 Å². The van der Waals surface area contributed by atoms with Gasteiger partial charge in [-0.05, 0) is 62.1 Å². The standard InChI is InChI=1S/2C8H10O.Zr/c2*1-6-3-4-7(2)8(9)5-6;/h2*3-5,9H,1-2H3;. The van der Waals surface area contributed by atoms with Gasteiger partial charge in [0.25, 0.3) is 0 Å². The summed E-state index contributed by atoms with van der Waals surface area (Å²) in [4.78, 5) is 0. The topological polar surface area (TPSA) is 40.5 Å². The summed E-state index contributed by atoms with van der Waals surface area (Å²) in [6, 6.07) is 11.3. The van der Waals surface area contributed by atoms with E-state index in [4.69, 9.17) is 10.2 Å². The van der Waals surface area contributed by atoms with Crippen molar-refractivity contribution in [3.63, 3.8) is 0 Å².